The highest BCUT2D eigenvalue weighted by molar-refractivity contribution is 7.91. The van der Waals surface area contributed by atoms with Gasteiger partial charge in [0.05, 0.1) is 5.41 Å². The summed E-state index contributed by atoms with van der Waals surface area (Å²) < 4.78 is 26.8. The molecule has 2 rings (SSSR count). The lowest BCUT2D eigenvalue weighted by molar-refractivity contribution is -0.153. The number of hydrogen-bond donors (Lipinski definition) is 2. The molecule has 1 aromatic rings. The van der Waals surface area contributed by atoms with Gasteiger partial charge < -0.3 is 5.11 Å². The smallest absolute Gasteiger partial charge is 0.310 e. The van der Waals surface area contributed by atoms with Gasteiger partial charge in [-0.3, -0.25) is 4.79 Å². The first-order chi connectivity index (χ1) is 8.89. The SMILES string of the molecule is CCc1ccc(S(=O)(=O)NCC2(C(=O)O)CCC2)s1. The van der Waals surface area contributed by atoms with Crippen LogP contribution in [-0.4, -0.2) is 26.0 Å². The Balaban J connectivity index is 2.07. The van der Waals surface area contributed by atoms with Crippen molar-refractivity contribution in [3.05, 3.63) is 17.0 Å². The molecular formula is C12H17NO4S2. The number of hydrogen-bond acceptors (Lipinski definition) is 4. The van der Waals surface area contributed by atoms with E-state index in [4.69, 9.17) is 5.11 Å². The van der Waals surface area contributed by atoms with Crippen LogP contribution in [0.25, 0.3) is 0 Å². The molecule has 0 atom stereocenters. The van der Waals surface area contributed by atoms with Crippen molar-refractivity contribution in [2.24, 2.45) is 5.41 Å². The van der Waals surface area contributed by atoms with Crippen LogP contribution in [0.3, 0.4) is 0 Å². The van der Waals surface area contributed by atoms with Crippen molar-refractivity contribution in [1.82, 2.24) is 4.72 Å². The van der Waals surface area contributed by atoms with Crippen molar-refractivity contribution < 1.29 is 18.3 Å². The number of aliphatic carboxylic acids is 1. The Morgan fingerprint density at radius 3 is 2.58 bits per heavy atom. The Morgan fingerprint density at radius 2 is 2.16 bits per heavy atom. The molecule has 1 fully saturated rings. The minimum atomic E-state index is -3.59. The molecule has 0 amide bonds. The lowest BCUT2D eigenvalue weighted by atomic mass is 9.69. The van der Waals surface area contributed by atoms with Gasteiger partial charge in [0.25, 0.3) is 0 Å². The molecule has 0 aliphatic heterocycles. The minimum absolute atomic E-state index is 0.0238. The Kier molecular flexibility index (Phi) is 3.98. The average Bonchev–Trinajstić information content (AvgIpc) is 2.76. The normalized spacial score (nSPS) is 17.9. The number of aryl methyl sites for hydroxylation is 1. The second-order valence-electron chi connectivity index (χ2n) is 4.84. The fraction of sp³-hybridized carbons (Fsp3) is 0.583. The maximum atomic E-state index is 12.1. The molecule has 1 aliphatic rings. The van der Waals surface area contributed by atoms with Crippen LogP contribution < -0.4 is 4.72 Å². The lowest BCUT2D eigenvalue weighted by Gasteiger charge is -2.37. The van der Waals surface area contributed by atoms with Crippen molar-refractivity contribution in [3.8, 4) is 0 Å². The van der Waals surface area contributed by atoms with Crippen molar-refractivity contribution in [1.29, 1.82) is 0 Å². The van der Waals surface area contributed by atoms with Crippen LogP contribution >= 0.6 is 11.3 Å². The zero-order valence-electron chi connectivity index (χ0n) is 10.7. The molecule has 1 aliphatic carbocycles. The zero-order chi connectivity index (χ0) is 14.1. The predicted molar refractivity (Wildman–Crippen MR) is 72.8 cm³/mol. The van der Waals surface area contributed by atoms with E-state index in [0.717, 1.165) is 17.7 Å². The first-order valence-electron chi connectivity index (χ1n) is 6.21. The summed E-state index contributed by atoms with van der Waals surface area (Å²) in [5.41, 5.74) is -0.905. The van der Waals surface area contributed by atoms with Gasteiger partial charge in [-0.2, -0.15) is 0 Å². The molecule has 1 saturated carbocycles. The van der Waals surface area contributed by atoms with E-state index in [-0.39, 0.29) is 10.8 Å². The fourth-order valence-corrected chi connectivity index (χ4v) is 4.53. The van der Waals surface area contributed by atoms with Crippen LogP contribution in [0.4, 0.5) is 0 Å². The fourth-order valence-electron chi connectivity index (χ4n) is 2.07. The van der Waals surface area contributed by atoms with Gasteiger partial charge in [-0.1, -0.05) is 13.3 Å². The summed E-state index contributed by atoms with van der Waals surface area (Å²) in [6.45, 7) is 1.94. The van der Waals surface area contributed by atoms with Gasteiger partial charge in [0.15, 0.2) is 0 Å². The third-order valence-corrected chi connectivity index (χ3v) is 6.74. The van der Waals surface area contributed by atoms with Gasteiger partial charge in [-0.15, -0.1) is 11.3 Å². The first kappa shape index (κ1) is 14.5. The number of nitrogens with one attached hydrogen (secondary N) is 1. The van der Waals surface area contributed by atoms with E-state index in [9.17, 15) is 13.2 Å². The molecule has 7 heteroatoms. The molecule has 0 bridgehead atoms. The number of sulfonamides is 1. The molecule has 19 heavy (non-hydrogen) atoms. The zero-order valence-corrected chi connectivity index (χ0v) is 12.3. The maximum Gasteiger partial charge on any atom is 0.310 e. The van der Waals surface area contributed by atoms with Crippen LogP contribution in [0.5, 0.6) is 0 Å². The van der Waals surface area contributed by atoms with E-state index in [2.05, 4.69) is 4.72 Å². The topological polar surface area (TPSA) is 83.5 Å². The summed E-state index contributed by atoms with van der Waals surface area (Å²) in [7, 11) is -3.59. The summed E-state index contributed by atoms with van der Waals surface area (Å²) in [6, 6.07) is 3.36. The van der Waals surface area contributed by atoms with Crippen LogP contribution in [-0.2, 0) is 21.2 Å². The third kappa shape index (κ3) is 2.82. The highest BCUT2D eigenvalue weighted by atomic mass is 32.2. The Hall–Kier alpha value is -0.920. The average molecular weight is 303 g/mol. The third-order valence-electron chi connectivity index (χ3n) is 3.62. The maximum absolute atomic E-state index is 12.1. The monoisotopic (exact) mass is 303 g/mol. The Labute approximate surface area is 116 Å². The van der Waals surface area contributed by atoms with Crippen molar-refractivity contribution in [2.75, 3.05) is 6.54 Å². The van der Waals surface area contributed by atoms with Gasteiger partial charge in [-0.05, 0) is 31.4 Å². The van der Waals surface area contributed by atoms with E-state index in [1.165, 1.54) is 11.3 Å². The van der Waals surface area contributed by atoms with E-state index < -0.39 is 21.4 Å². The summed E-state index contributed by atoms with van der Waals surface area (Å²) >= 11 is 1.23. The summed E-state index contributed by atoms with van der Waals surface area (Å²) in [5.74, 6) is -0.915. The van der Waals surface area contributed by atoms with E-state index >= 15 is 0 Å². The van der Waals surface area contributed by atoms with Crippen LogP contribution in [0, 0.1) is 5.41 Å². The molecular weight excluding hydrogens is 286 g/mol. The second-order valence-corrected chi connectivity index (χ2v) is 8.00. The molecule has 106 valence electrons. The predicted octanol–water partition coefficient (Wildman–Crippen LogP) is 1.84. The quantitative estimate of drug-likeness (QED) is 0.840. The van der Waals surface area contributed by atoms with Gasteiger partial charge in [0, 0.05) is 11.4 Å². The molecule has 5 nitrogen and oxygen atoms in total. The van der Waals surface area contributed by atoms with Gasteiger partial charge in [0.2, 0.25) is 10.0 Å². The molecule has 0 spiro atoms. The molecule has 1 aromatic heterocycles. The largest absolute Gasteiger partial charge is 0.481 e. The molecule has 0 aromatic carbocycles. The van der Waals surface area contributed by atoms with Crippen molar-refractivity contribution in [3.63, 3.8) is 0 Å². The number of carboxylic acid groups (broad SMARTS) is 1. The van der Waals surface area contributed by atoms with Crippen LogP contribution in [0.15, 0.2) is 16.3 Å². The summed E-state index contributed by atoms with van der Waals surface area (Å²) in [4.78, 5) is 12.2. The number of carbonyl (C=O) groups is 1. The second kappa shape index (κ2) is 5.22. The summed E-state index contributed by atoms with van der Waals surface area (Å²) in [5, 5.41) is 9.16. The number of rotatable bonds is 6. The minimum Gasteiger partial charge on any atom is -0.481 e. The first-order valence-corrected chi connectivity index (χ1v) is 8.51. The lowest BCUT2D eigenvalue weighted by Crippen LogP contribution is -2.47. The standard InChI is InChI=1S/C12H17NO4S2/c1-2-9-4-5-10(18-9)19(16,17)13-8-12(11(14)15)6-3-7-12/h4-5,13H,2-3,6-8H2,1H3,(H,14,15). The Bertz CT molecular complexity index is 572. The Morgan fingerprint density at radius 1 is 1.47 bits per heavy atom. The van der Waals surface area contributed by atoms with Gasteiger partial charge >= 0.3 is 5.97 Å². The number of carboxylic acids is 1. The van der Waals surface area contributed by atoms with Crippen molar-refractivity contribution >= 4 is 27.3 Å². The van der Waals surface area contributed by atoms with Crippen molar-refractivity contribution in [2.45, 2.75) is 36.8 Å². The molecule has 0 unspecified atom stereocenters. The van der Waals surface area contributed by atoms with Gasteiger partial charge in [0.1, 0.15) is 4.21 Å². The van der Waals surface area contributed by atoms with E-state index in [0.29, 0.717) is 12.8 Å². The van der Waals surface area contributed by atoms with E-state index in [1.807, 2.05) is 6.92 Å². The molecule has 0 saturated heterocycles. The van der Waals surface area contributed by atoms with Crippen LogP contribution in [0.1, 0.15) is 31.1 Å². The van der Waals surface area contributed by atoms with Crippen LogP contribution in [0.2, 0.25) is 0 Å². The highest BCUT2D eigenvalue weighted by Crippen LogP contribution is 2.40. The number of thiophene rings is 1. The summed E-state index contributed by atoms with van der Waals surface area (Å²) in [6.07, 6.45) is 2.71. The highest BCUT2D eigenvalue weighted by Gasteiger charge is 2.45. The molecule has 1 heterocycles. The molecule has 2 N–H and O–H groups in total. The molecule has 0 radical (unpaired) electrons. The van der Waals surface area contributed by atoms with Gasteiger partial charge in [-0.25, -0.2) is 13.1 Å². The van der Waals surface area contributed by atoms with E-state index in [1.54, 1.807) is 12.1 Å².